The average molecular weight is 273 g/mol. The van der Waals surface area contributed by atoms with E-state index in [4.69, 9.17) is 5.73 Å². The quantitative estimate of drug-likeness (QED) is 0.881. The molecule has 0 fully saturated rings. The first-order valence-electron chi connectivity index (χ1n) is 6.86. The highest BCUT2D eigenvalue weighted by Crippen LogP contribution is 2.29. The molecule has 0 radical (unpaired) electrons. The Bertz CT molecular complexity index is 566. The fraction of sp³-hybridized carbons (Fsp3) is 0.412. The van der Waals surface area contributed by atoms with Crippen LogP contribution in [0.5, 0.6) is 0 Å². The Morgan fingerprint density at radius 2 is 1.79 bits per heavy atom. The number of hydrogen-bond donors (Lipinski definition) is 1. The van der Waals surface area contributed by atoms with E-state index in [-0.39, 0.29) is 5.54 Å². The van der Waals surface area contributed by atoms with Crippen molar-refractivity contribution in [1.29, 1.82) is 0 Å². The van der Waals surface area contributed by atoms with Crippen LogP contribution in [-0.4, -0.2) is 0 Å². The Morgan fingerprint density at radius 1 is 1.11 bits per heavy atom. The van der Waals surface area contributed by atoms with Crippen LogP contribution in [0.25, 0.3) is 0 Å². The van der Waals surface area contributed by atoms with Gasteiger partial charge in [0.05, 0.1) is 0 Å². The summed E-state index contributed by atoms with van der Waals surface area (Å²) in [6, 6.07) is 11.0. The zero-order valence-corrected chi connectivity index (χ0v) is 13.1. The molecule has 1 unspecified atom stereocenters. The molecule has 2 N–H and O–H groups in total. The van der Waals surface area contributed by atoms with E-state index >= 15 is 0 Å². The van der Waals surface area contributed by atoms with Gasteiger partial charge < -0.3 is 5.73 Å². The van der Waals surface area contributed by atoms with Gasteiger partial charge in [-0.05, 0) is 50.5 Å². The molecule has 0 bridgehead atoms. The van der Waals surface area contributed by atoms with Crippen LogP contribution in [-0.2, 0) is 18.4 Å². The Morgan fingerprint density at radius 3 is 2.42 bits per heavy atom. The first-order valence-corrected chi connectivity index (χ1v) is 7.68. The lowest BCUT2D eigenvalue weighted by molar-refractivity contribution is 0.492. The van der Waals surface area contributed by atoms with Crippen LogP contribution in [0.15, 0.2) is 30.3 Å². The van der Waals surface area contributed by atoms with Crippen LogP contribution in [0.4, 0.5) is 0 Å². The van der Waals surface area contributed by atoms with E-state index in [2.05, 4.69) is 58.0 Å². The highest BCUT2D eigenvalue weighted by Gasteiger charge is 2.24. The molecule has 0 amide bonds. The summed E-state index contributed by atoms with van der Waals surface area (Å²) in [4.78, 5) is 2.81. The van der Waals surface area contributed by atoms with Gasteiger partial charge in [-0.3, -0.25) is 0 Å². The second-order valence-corrected chi connectivity index (χ2v) is 6.89. The molecule has 0 spiro atoms. The monoisotopic (exact) mass is 273 g/mol. The van der Waals surface area contributed by atoms with Crippen LogP contribution < -0.4 is 5.73 Å². The van der Waals surface area contributed by atoms with Gasteiger partial charge in [-0.15, -0.1) is 11.3 Å². The second kappa shape index (κ2) is 5.48. The number of aryl methyl sites for hydroxylation is 3. The highest BCUT2D eigenvalue weighted by atomic mass is 32.1. The molecule has 0 aliphatic rings. The molecule has 1 aromatic carbocycles. The standard InChI is InChI=1S/C17H23NS/c1-5-14-8-9-15(19-14)11-17(4,18)16-10-12(2)6-7-13(16)3/h6-10H,5,11,18H2,1-4H3. The maximum Gasteiger partial charge on any atom is 0.0432 e. The fourth-order valence-corrected chi connectivity index (χ4v) is 3.64. The Hall–Kier alpha value is -1.12. The van der Waals surface area contributed by atoms with Crippen molar-refractivity contribution in [3.05, 3.63) is 56.8 Å². The lowest BCUT2D eigenvalue weighted by Gasteiger charge is -2.27. The normalized spacial score (nSPS) is 14.4. The zero-order chi connectivity index (χ0) is 14.0. The third-order valence-corrected chi connectivity index (χ3v) is 4.85. The zero-order valence-electron chi connectivity index (χ0n) is 12.3. The van der Waals surface area contributed by atoms with Crippen LogP contribution in [0.2, 0.25) is 0 Å². The van der Waals surface area contributed by atoms with Gasteiger partial charge in [-0.2, -0.15) is 0 Å². The maximum absolute atomic E-state index is 6.60. The molecule has 1 nitrogen and oxygen atoms in total. The van der Waals surface area contributed by atoms with Crippen molar-refractivity contribution in [3.8, 4) is 0 Å². The van der Waals surface area contributed by atoms with Gasteiger partial charge in [0.1, 0.15) is 0 Å². The number of hydrogen-bond acceptors (Lipinski definition) is 2. The van der Waals surface area contributed by atoms with E-state index in [1.54, 1.807) is 0 Å². The summed E-state index contributed by atoms with van der Waals surface area (Å²) >= 11 is 1.88. The van der Waals surface area contributed by atoms with Crippen molar-refractivity contribution in [2.24, 2.45) is 5.73 Å². The predicted octanol–water partition coefficient (Wildman–Crippen LogP) is 4.34. The smallest absolute Gasteiger partial charge is 0.0432 e. The first-order chi connectivity index (χ1) is 8.92. The molecular weight excluding hydrogens is 250 g/mol. The summed E-state index contributed by atoms with van der Waals surface area (Å²) in [5, 5.41) is 0. The topological polar surface area (TPSA) is 26.0 Å². The maximum atomic E-state index is 6.60. The molecule has 102 valence electrons. The van der Waals surface area contributed by atoms with Gasteiger partial charge in [0, 0.05) is 21.7 Å². The second-order valence-electron chi connectivity index (χ2n) is 5.63. The molecule has 0 saturated heterocycles. The molecule has 2 heteroatoms. The molecule has 1 aromatic heterocycles. The van der Waals surface area contributed by atoms with Crippen LogP contribution in [0, 0.1) is 13.8 Å². The van der Waals surface area contributed by atoms with Crippen molar-refractivity contribution >= 4 is 11.3 Å². The lowest BCUT2D eigenvalue weighted by Crippen LogP contribution is -2.36. The lowest BCUT2D eigenvalue weighted by atomic mass is 9.85. The molecule has 0 aliphatic heterocycles. The van der Waals surface area contributed by atoms with Gasteiger partial charge in [-0.25, -0.2) is 0 Å². The molecule has 2 aromatic rings. The molecule has 0 aliphatic carbocycles. The van der Waals surface area contributed by atoms with E-state index in [1.165, 1.54) is 26.4 Å². The van der Waals surface area contributed by atoms with Crippen molar-refractivity contribution in [1.82, 2.24) is 0 Å². The summed E-state index contributed by atoms with van der Waals surface area (Å²) in [6.45, 7) is 8.60. The van der Waals surface area contributed by atoms with Gasteiger partial charge in [0.25, 0.3) is 0 Å². The van der Waals surface area contributed by atoms with Crippen molar-refractivity contribution in [2.45, 2.75) is 46.1 Å². The highest BCUT2D eigenvalue weighted by molar-refractivity contribution is 7.12. The minimum Gasteiger partial charge on any atom is -0.321 e. The third kappa shape index (κ3) is 3.26. The predicted molar refractivity (Wildman–Crippen MR) is 84.9 cm³/mol. The van der Waals surface area contributed by atoms with Gasteiger partial charge in [0.2, 0.25) is 0 Å². The van der Waals surface area contributed by atoms with E-state index in [0.717, 1.165) is 12.8 Å². The number of rotatable bonds is 4. The van der Waals surface area contributed by atoms with E-state index in [1.807, 2.05) is 11.3 Å². The fourth-order valence-electron chi connectivity index (χ4n) is 2.52. The van der Waals surface area contributed by atoms with Crippen LogP contribution in [0.3, 0.4) is 0 Å². The molecule has 1 atom stereocenters. The van der Waals surface area contributed by atoms with Crippen LogP contribution >= 0.6 is 11.3 Å². The Labute approximate surface area is 120 Å². The summed E-state index contributed by atoms with van der Waals surface area (Å²) in [6.07, 6.45) is 2.01. The SMILES string of the molecule is CCc1ccc(CC(C)(N)c2cc(C)ccc2C)s1. The molecule has 1 heterocycles. The Kier molecular flexibility index (Phi) is 4.12. The summed E-state index contributed by atoms with van der Waals surface area (Å²) in [5.74, 6) is 0. The summed E-state index contributed by atoms with van der Waals surface area (Å²) in [5.41, 5.74) is 10.1. The minimum absolute atomic E-state index is 0.300. The van der Waals surface area contributed by atoms with E-state index in [0.29, 0.717) is 0 Å². The Balaban J connectivity index is 2.28. The van der Waals surface area contributed by atoms with Crippen LogP contribution in [0.1, 0.15) is 40.3 Å². The average Bonchev–Trinajstić information content (AvgIpc) is 2.79. The molecule has 0 saturated carbocycles. The molecular formula is C17H23NS. The largest absolute Gasteiger partial charge is 0.321 e. The first kappa shape index (κ1) is 14.3. The number of thiophene rings is 1. The molecule has 2 rings (SSSR count). The van der Waals surface area contributed by atoms with E-state index < -0.39 is 0 Å². The minimum atomic E-state index is -0.300. The van der Waals surface area contributed by atoms with E-state index in [9.17, 15) is 0 Å². The summed E-state index contributed by atoms with van der Waals surface area (Å²) < 4.78 is 0. The molecule has 19 heavy (non-hydrogen) atoms. The van der Waals surface area contributed by atoms with Crippen molar-refractivity contribution in [2.75, 3.05) is 0 Å². The number of benzene rings is 1. The van der Waals surface area contributed by atoms with Crippen molar-refractivity contribution in [3.63, 3.8) is 0 Å². The summed E-state index contributed by atoms with van der Waals surface area (Å²) in [7, 11) is 0. The third-order valence-electron chi connectivity index (χ3n) is 3.62. The van der Waals surface area contributed by atoms with Gasteiger partial charge >= 0.3 is 0 Å². The van der Waals surface area contributed by atoms with Gasteiger partial charge in [-0.1, -0.05) is 30.7 Å². The van der Waals surface area contributed by atoms with Gasteiger partial charge in [0.15, 0.2) is 0 Å². The number of nitrogens with two attached hydrogens (primary N) is 1. The van der Waals surface area contributed by atoms with Crippen molar-refractivity contribution < 1.29 is 0 Å².